The molecule has 0 bridgehead atoms. The highest BCUT2D eigenvalue weighted by Gasteiger charge is 2.43. The van der Waals surface area contributed by atoms with E-state index in [9.17, 15) is 19.2 Å². The normalized spacial score (nSPS) is 19.5. The van der Waals surface area contributed by atoms with Crippen molar-refractivity contribution in [1.29, 1.82) is 0 Å². The molecule has 1 atom stereocenters. The molecule has 0 spiro atoms. The van der Waals surface area contributed by atoms with Crippen molar-refractivity contribution in [3.05, 3.63) is 69.6 Å². The number of nitrogens with zero attached hydrogens (tertiary/aromatic N) is 2. The van der Waals surface area contributed by atoms with Crippen LogP contribution in [0.25, 0.3) is 5.57 Å². The van der Waals surface area contributed by atoms with Crippen molar-refractivity contribution in [2.24, 2.45) is 0 Å². The van der Waals surface area contributed by atoms with Gasteiger partial charge in [0, 0.05) is 17.1 Å². The van der Waals surface area contributed by atoms with E-state index < -0.39 is 28.5 Å². The molecule has 0 radical (unpaired) electrons. The number of aliphatic carboxylic acids is 1. The fraction of sp³-hybridized carbons (Fsp3) is 0.217. The second-order valence-electron chi connectivity index (χ2n) is 7.49. The number of carboxylic acid groups (broad SMARTS) is 1. The van der Waals surface area contributed by atoms with E-state index in [-0.39, 0.29) is 36.6 Å². The van der Waals surface area contributed by atoms with Gasteiger partial charge in [0.2, 0.25) is 0 Å². The molecule has 2 aromatic carbocycles. The first kappa shape index (κ1) is 24.2. The molecule has 1 fully saturated rings. The van der Waals surface area contributed by atoms with Gasteiger partial charge in [0.05, 0.1) is 22.6 Å². The highest BCUT2D eigenvalue weighted by Crippen LogP contribution is 2.47. The molecule has 2 aliphatic rings. The second kappa shape index (κ2) is 10.1. The molecule has 1 N–H and O–H groups in total. The van der Waals surface area contributed by atoms with Crippen LogP contribution in [-0.2, 0) is 30.5 Å². The van der Waals surface area contributed by atoms with E-state index in [4.69, 9.17) is 21.4 Å². The number of carbonyl (C=O) groups excluding carboxylic acids is 3. The smallest absolute Gasteiger partial charge is 0.326 e. The standard InChI is InChI=1S/C23H19ClN2O6S2/c24-14-6-7-16-15(10-14)19(20-22(31)25(23(33)34-20)9-8-17(27)28)21(30)26(16)11-18(29)32-12-13-4-2-1-3-5-13/h1-7,10,23,33H,8-9,11-12H2,(H,27,28)/b20-19-. The number of rotatable bonds is 7. The van der Waals surface area contributed by atoms with Crippen LogP contribution in [0.15, 0.2) is 53.4 Å². The molecule has 176 valence electrons. The maximum absolute atomic E-state index is 13.4. The third-order valence-corrected chi connectivity index (χ3v) is 7.16. The maximum Gasteiger partial charge on any atom is 0.326 e. The van der Waals surface area contributed by atoms with E-state index in [1.54, 1.807) is 18.2 Å². The van der Waals surface area contributed by atoms with E-state index in [2.05, 4.69) is 12.6 Å². The lowest BCUT2D eigenvalue weighted by molar-refractivity contribution is -0.144. The van der Waals surface area contributed by atoms with E-state index in [1.165, 1.54) is 9.80 Å². The van der Waals surface area contributed by atoms with Gasteiger partial charge in [0.25, 0.3) is 11.8 Å². The van der Waals surface area contributed by atoms with Crippen molar-refractivity contribution >= 4 is 71.0 Å². The second-order valence-corrected chi connectivity index (χ2v) is 9.86. The van der Waals surface area contributed by atoms with Gasteiger partial charge in [0.1, 0.15) is 17.9 Å². The fourth-order valence-electron chi connectivity index (χ4n) is 3.64. The lowest BCUT2D eigenvalue weighted by Crippen LogP contribution is -2.34. The molecule has 1 unspecified atom stereocenters. The van der Waals surface area contributed by atoms with E-state index in [0.29, 0.717) is 16.3 Å². The summed E-state index contributed by atoms with van der Waals surface area (Å²) in [6.07, 6.45) is -0.248. The van der Waals surface area contributed by atoms with Gasteiger partial charge in [-0.3, -0.25) is 24.1 Å². The van der Waals surface area contributed by atoms with Crippen LogP contribution in [0.2, 0.25) is 5.02 Å². The van der Waals surface area contributed by atoms with Gasteiger partial charge in [0.15, 0.2) is 0 Å². The lowest BCUT2D eigenvalue weighted by atomic mass is 10.1. The molecule has 0 aliphatic carbocycles. The van der Waals surface area contributed by atoms with Crippen LogP contribution in [0, 0.1) is 0 Å². The minimum Gasteiger partial charge on any atom is -0.481 e. The number of thioether (sulfide) groups is 1. The Morgan fingerprint density at radius 3 is 2.56 bits per heavy atom. The monoisotopic (exact) mass is 518 g/mol. The summed E-state index contributed by atoms with van der Waals surface area (Å²) in [5.41, 5.74) is 1.78. The molecular weight excluding hydrogens is 500 g/mol. The maximum atomic E-state index is 13.4. The number of carbonyl (C=O) groups is 4. The van der Waals surface area contributed by atoms with Gasteiger partial charge < -0.3 is 14.7 Å². The number of benzene rings is 2. The SMILES string of the molecule is O=C(O)CCN1C(=O)/C(=C2/C(=O)N(CC(=O)OCc3ccccc3)c3ccc(Cl)cc32)SC1S. The van der Waals surface area contributed by atoms with Crippen LogP contribution in [0.4, 0.5) is 5.69 Å². The molecule has 0 aromatic heterocycles. The number of esters is 1. The first-order chi connectivity index (χ1) is 16.3. The minimum atomic E-state index is -1.05. The zero-order chi connectivity index (χ0) is 24.4. The number of halogens is 1. The van der Waals surface area contributed by atoms with Gasteiger partial charge in [-0.25, -0.2) is 0 Å². The highest BCUT2D eigenvalue weighted by molar-refractivity contribution is 8.14. The van der Waals surface area contributed by atoms with E-state index >= 15 is 0 Å². The molecule has 8 nitrogen and oxygen atoms in total. The Kier molecular flexibility index (Phi) is 7.20. The molecule has 2 heterocycles. The topological polar surface area (TPSA) is 104 Å². The minimum absolute atomic E-state index is 0.0434. The Morgan fingerprint density at radius 2 is 1.85 bits per heavy atom. The number of carboxylic acids is 1. The van der Waals surface area contributed by atoms with Gasteiger partial charge in [-0.05, 0) is 23.8 Å². The Morgan fingerprint density at radius 1 is 1.12 bits per heavy atom. The zero-order valence-corrected chi connectivity index (χ0v) is 20.1. The van der Waals surface area contributed by atoms with Crippen molar-refractivity contribution in [2.75, 3.05) is 18.0 Å². The summed E-state index contributed by atoms with van der Waals surface area (Å²) in [4.78, 5) is 52.6. The number of fused-ring (bicyclic) bond motifs is 1. The van der Waals surface area contributed by atoms with Crippen LogP contribution < -0.4 is 4.90 Å². The molecule has 1 saturated heterocycles. The van der Waals surface area contributed by atoms with Gasteiger partial charge >= 0.3 is 11.9 Å². The van der Waals surface area contributed by atoms with Gasteiger partial charge in [-0.2, -0.15) is 0 Å². The van der Waals surface area contributed by atoms with E-state index in [1.807, 2.05) is 30.3 Å². The summed E-state index contributed by atoms with van der Waals surface area (Å²) < 4.78 is 4.68. The molecule has 2 amide bonds. The summed E-state index contributed by atoms with van der Waals surface area (Å²) in [5.74, 6) is -2.68. The van der Waals surface area contributed by atoms with Crippen LogP contribution in [0.3, 0.4) is 0 Å². The molecule has 4 rings (SSSR count). The Balaban J connectivity index is 1.60. The van der Waals surface area contributed by atoms with Crippen LogP contribution in [0.5, 0.6) is 0 Å². The quantitative estimate of drug-likeness (QED) is 0.329. The fourth-order valence-corrected chi connectivity index (χ4v) is 5.42. The van der Waals surface area contributed by atoms with Crippen LogP contribution in [-0.4, -0.2) is 51.6 Å². The first-order valence-corrected chi connectivity index (χ1v) is 12.0. The molecule has 0 saturated carbocycles. The number of hydrogen-bond donors (Lipinski definition) is 2. The van der Waals surface area contributed by atoms with Gasteiger partial charge in [-0.15, -0.1) is 12.6 Å². The van der Waals surface area contributed by atoms with E-state index in [0.717, 1.165) is 17.3 Å². The summed E-state index contributed by atoms with van der Waals surface area (Å²) in [6, 6.07) is 13.9. The Bertz CT molecular complexity index is 1200. The average Bonchev–Trinajstić information content (AvgIpc) is 3.23. The first-order valence-electron chi connectivity index (χ1n) is 10.2. The van der Waals surface area contributed by atoms with Crippen molar-refractivity contribution in [2.45, 2.75) is 17.7 Å². The number of hydrogen-bond acceptors (Lipinski definition) is 7. The van der Waals surface area contributed by atoms with Crippen molar-refractivity contribution in [3.8, 4) is 0 Å². The molecular formula is C23H19ClN2O6S2. The van der Waals surface area contributed by atoms with Crippen LogP contribution in [0.1, 0.15) is 17.5 Å². The molecule has 34 heavy (non-hydrogen) atoms. The van der Waals surface area contributed by atoms with Crippen molar-refractivity contribution < 1.29 is 29.0 Å². The largest absolute Gasteiger partial charge is 0.481 e. The highest BCUT2D eigenvalue weighted by atomic mass is 35.5. The summed E-state index contributed by atoms with van der Waals surface area (Å²) in [7, 11) is 0. The molecule has 2 aromatic rings. The number of anilines is 1. The predicted molar refractivity (Wildman–Crippen MR) is 131 cm³/mol. The number of ether oxygens (including phenoxy) is 1. The summed E-state index contributed by atoms with van der Waals surface area (Å²) in [5, 5.41) is 9.32. The third kappa shape index (κ3) is 4.94. The van der Waals surface area contributed by atoms with Crippen molar-refractivity contribution in [3.63, 3.8) is 0 Å². The zero-order valence-electron chi connectivity index (χ0n) is 17.6. The molecule has 11 heteroatoms. The molecule has 2 aliphatic heterocycles. The summed E-state index contributed by atoms with van der Waals surface area (Å²) in [6.45, 7) is -0.321. The van der Waals surface area contributed by atoms with Crippen molar-refractivity contribution in [1.82, 2.24) is 4.90 Å². The van der Waals surface area contributed by atoms with Crippen LogP contribution >= 0.6 is 36.0 Å². The summed E-state index contributed by atoms with van der Waals surface area (Å²) >= 11 is 11.6. The van der Waals surface area contributed by atoms with Gasteiger partial charge in [-0.1, -0.05) is 53.7 Å². The predicted octanol–water partition coefficient (Wildman–Crippen LogP) is 3.40. The average molecular weight is 519 g/mol. The number of thiol groups is 1. The Hall–Kier alpha value is -2.95. The lowest BCUT2D eigenvalue weighted by Gasteiger charge is -2.17. The Labute approximate surface area is 209 Å². The number of amides is 2. The third-order valence-electron chi connectivity index (χ3n) is 5.25.